The molecule has 0 radical (unpaired) electrons. The number of rotatable bonds is 3. The summed E-state index contributed by atoms with van der Waals surface area (Å²) in [6.45, 7) is 1.80. The van der Waals surface area contributed by atoms with E-state index >= 15 is 0 Å². The molecule has 1 aromatic heterocycles. The van der Waals surface area contributed by atoms with Crippen molar-refractivity contribution in [3.05, 3.63) is 29.2 Å². The third kappa shape index (κ3) is 1.92. The fourth-order valence-corrected chi connectivity index (χ4v) is 2.02. The highest BCUT2D eigenvalue weighted by molar-refractivity contribution is 5.90. The van der Waals surface area contributed by atoms with Crippen LogP contribution in [0.25, 0.3) is 10.9 Å². The van der Waals surface area contributed by atoms with Crippen LogP contribution in [0.4, 0.5) is 4.39 Å². The second kappa shape index (κ2) is 4.68. The van der Waals surface area contributed by atoms with Crippen molar-refractivity contribution in [1.29, 1.82) is 0 Å². The Bertz CT molecular complexity index is 604. The highest BCUT2D eigenvalue weighted by atomic mass is 19.1. The maximum atomic E-state index is 14.2. The Labute approximate surface area is 104 Å². The summed E-state index contributed by atoms with van der Waals surface area (Å²) < 4.78 is 23.8. The maximum absolute atomic E-state index is 14.2. The van der Waals surface area contributed by atoms with Gasteiger partial charge < -0.3 is 14.5 Å². The number of aromatic nitrogens is 1. The van der Waals surface area contributed by atoms with Gasteiger partial charge in [0, 0.05) is 16.6 Å². The molecule has 0 saturated carbocycles. The normalized spacial score (nSPS) is 10.7. The van der Waals surface area contributed by atoms with Gasteiger partial charge in [-0.1, -0.05) is 0 Å². The summed E-state index contributed by atoms with van der Waals surface area (Å²) in [5.74, 6) is -0.702. The van der Waals surface area contributed by atoms with E-state index in [-0.39, 0.29) is 12.2 Å². The Kier molecular flexibility index (Phi) is 3.23. The lowest BCUT2D eigenvalue weighted by molar-refractivity contribution is -0.139. The van der Waals surface area contributed by atoms with Crippen LogP contribution in [0.2, 0.25) is 0 Å². The predicted molar refractivity (Wildman–Crippen MR) is 65.3 cm³/mol. The van der Waals surface area contributed by atoms with Crippen LogP contribution >= 0.6 is 0 Å². The topological polar surface area (TPSA) is 51.3 Å². The Morgan fingerprint density at radius 3 is 2.72 bits per heavy atom. The van der Waals surface area contributed by atoms with Crippen LogP contribution in [0, 0.1) is 12.7 Å². The van der Waals surface area contributed by atoms with Crippen molar-refractivity contribution in [3.8, 4) is 5.75 Å². The number of benzene rings is 1. The van der Waals surface area contributed by atoms with E-state index in [0.717, 1.165) is 5.69 Å². The Morgan fingerprint density at radius 1 is 1.39 bits per heavy atom. The number of H-pyrrole nitrogens is 1. The van der Waals surface area contributed by atoms with Crippen molar-refractivity contribution in [1.82, 2.24) is 4.98 Å². The summed E-state index contributed by atoms with van der Waals surface area (Å²) in [5.41, 5.74) is 2.00. The summed E-state index contributed by atoms with van der Waals surface area (Å²) >= 11 is 0. The van der Waals surface area contributed by atoms with Crippen LogP contribution < -0.4 is 4.74 Å². The van der Waals surface area contributed by atoms with Crippen LogP contribution in [-0.4, -0.2) is 25.2 Å². The molecule has 2 rings (SSSR count). The molecule has 5 heteroatoms. The van der Waals surface area contributed by atoms with Gasteiger partial charge in [0.05, 0.1) is 20.6 Å². The molecular formula is C13H14FNO3. The highest BCUT2D eigenvalue weighted by Crippen LogP contribution is 2.31. The molecule has 1 aromatic carbocycles. The van der Waals surface area contributed by atoms with Crippen LogP contribution in [0.5, 0.6) is 5.75 Å². The van der Waals surface area contributed by atoms with E-state index in [4.69, 9.17) is 4.74 Å². The summed E-state index contributed by atoms with van der Waals surface area (Å²) in [7, 11) is 2.72. The van der Waals surface area contributed by atoms with Crippen LogP contribution in [0.1, 0.15) is 11.3 Å². The number of methoxy groups -OCH3 is 2. The number of aromatic amines is 1. The fourth-order valence-electron chi connectivity index (χ4n) is 2.02. The third-order valence-corrected chi connectivity index (χ3v) is 2.95. The Hall–Kier alpha value is -2.04. The van der Waals surface area contributed by atoms with E-state index in [1.54, 1.807) is 19.1 Å². The van der Waals surface area contributed by atoms with Crippen molar-refractivity contribution in [2.75, 3.05) is 14.2 Å². The SMILES string of the molecule is COC(=O)Cc1c(C)[nH]c2ccc(OC)c(F)c12. The highest BCUT2D eigenvalue weighted by Gasteiger charge is 2.18. The molecule has 0 aliphatic heterocycles. The van der Waals surface area contributed by atoms with Gasteiger partial charge in [0.15, 0.2) is 11.6 Å². The Morgan fingerprint density at radius 2 is 2.11 bits per heavy atom. The van der Waals surface area contributed by atoms with E-state index < -0.39 is 11.8 Å². The monoisotopic (exact) mass is 251 g/mol. The number of ether oxygens (including phenoxy) is 2. The molecule has 96 valence electrons. The number of aryl methyl sites for hydroxylation is 1. The van der Waals surface area contributed by atoms with Crippen molar-refractivity contribution in [3.63, 3.8) is 0 Å². The molecule has 1 heterocycles. The minimum atomic E-state index is -0.460. The van der Waals surface area contributed by atoms with E-state index in [2.05, 4.69) is 9.72 Å². The summed E-state index contributed by atoms with van der Waals surface area (Å²) in [5, 5.41) is 0.386. The number of esters is 1. The first-order chi connectivity index (χ1) is 8.58. The molecule has 0 amide bonds. The molecule has 0 aliphatic rings. The van der Waals surface area contributed by atoms with Gasteiger partial charge in [-0.3, -0.25) is 4.79 Å². The largest absolute Gasteiger partial charge is 0.494 e. The number of hydrogen-bond acceptors (Lipinski definition) is 3. The summed E-state index contributed by atoms with van der Waals surface area (Å²) in [4.78, 5) is 14.4. The lowest BCUT2D eigenvalue weighted by atomic mass is 10.1. The minimum Gasteiger partial charge on any atom is -0.494 e. The van der Waals surface area contributed by atoms with Crippen LogP contribution in [0.3, 0.4) is 0 Å². The zero-order chi connectivity index (χ0) is 13.3. The van der Waals surface area contributed by atoms with Gasteiger partial charge in [-0.25, -0.2) is 4.39 Å². The molecule has 0 atom stereocenters. The molecule has 18 heavy (non-hydrogen) atoms. The van der Waals surface area contributed by atoms with E-state index in [1.807, 2.05) is 0 Å². The van der Waals surface area contributed by atoms with E-state index in [1.165, 1.54) is 14.2 Å². The molecular weight excluding hydrogens is 237 g/mol. The molecule has 0 spiro atoms. The molecule has 0 aliphatic carbocycles. The first-order valence-electron chi connectivity index (χ1n) is 5.49. The van der Waals surface area contributed by atoms with Gasteiger partial charge in [0.25, 0.3) is 0 Å². The van der Waals surface area contributed by atoms with Crippen LogP contribution in [-0.2, 0) is 16.0 Å². The molecule has 4 nitrogen and oxygen atoms in total. The fraction of sp³-hybridized carbons (Fsp3) is 0.308. The van der Waals surface area contributed by atoms with Crippen LogP contribution in [0.15, 0.2) is 12.1 Å². The number of hydrogen-bond donors (Lipinski definition) is 1. The van der Waals surface area contributed by atoms with E-state index in [9.17, 15) is 9.18 Å². The molecule has 0 bridgehead atoms. The third-order valence-electron chi connectivity index (χ3n) is 2.95. The number of halogens is 1. The molecule has 0 fully saturated rings. The van der Waals surface area contributed by atoms with Gasteiger partial charge in [0.1, 0.15) is 0 Å². The predicted octanol–water partition coefficient (Wildman–Crippen LogP) is 2.34. The first-order valence-corrected chi connectivity index (χ1v) is 5.49. The lowest BCUT2D eigenvalue weighted by Gasteiger charge is -2.04. The average molecular weight is 251 g/mol. The van der Waals surface area contributed by atoms with Gasteiger partial charge in [-0.2, -0.15) is 0 Å². The number of carbonyl (C=O) groups is 1. The van der Waals surface area contributed by atoms with E-state index in [0.29, 0.717) is 16.5 Å². The second-order valence-electron chi connectivity index (χ2n) is 3.99. The van der Waals surface area contributed by atoms with Crippen molar-refractivity contribution in [2.45, 2.75) is 13.3 Å². The standard InChI is InChI=1S/C13H14FNO3/c1-7-8(6-11(16)18-3)12-9(15-7)4-5-10(17-2)13(12)14/h4-5,15H,6H2,1-3H3. The van der Waals surface area contributed by atoms with Crippen molar-refractivity contribution >= 4 is 16.9 Å². The lowest BCUT2D eigenvalue weighted by Crippen LogP contribution is -2.05. The summed E-state index contributed by atoms with van der Waals surface area (Å²) in [6.07, 6.45) is 0.0341. The average Bonchev–Trinajstić information content (AvgIpc) is 2.67. The zero-order valence-electron chi connectivity index (χ0n) is 10.5. The summed E-state index contributed by atoms with van der Waals surface area (Å²) in [6, 6.07) is 3.28. The quantitative estimate of drug-likeness (QED) is 0.852. The zero-order valence-corrected chi connectivity index (χ0v) is 10.5. The van der Waals surface area contributed by atoms with Gasteiger partial charge >= 0.3 is 5.97 Å². The maximum Gasteiger partial charge on any atom is 0.310 e. The number of carbonyl (C=O) groups excluding carboxylic acids is 1. The second-order valence-corrected chi connectivity index (χ2v) is 3.99. The molecule has 2 aromatic rings. The molecule has 1 N–H and O–H groups in total. The minimum absolute atomic E-state index is 0.0341. The number of nitrogens with one attached hydrogen (secondary N) is 1. The molecule has 0 unspecified atom stereocenters. The van der Waals surface area contributed by atoms with Gasteiger partial charge in [-0.15, -0.1) is 0 Å². The Balaban J connectivity index is 2.64. The van der Waals surface area contributed by atoms with Crippen molar-refractivity contribution in [2.24, 2.45) is 0 Å². The smallest absolute Gasteiger partial charge is 0.310 e. The molecule has 0 saturated heterocycles. The first kappa shape index (κ1) is 12.4. The van der Waals surface area contributed by atoms with Gasteiger partial charge in [-0.05, 0) is 24.6 Å². The van der Waals surface area contributed by atoms with Crippen molar-refractivity contribution < 1.29 is 18.7 Å². The van der Waals surface area contributed by atoms with Gasteiger partial charge in [0.2, 0.25) is 0 Å². The number of fused-ring (bicyclic) bond motifs is 1.